The van der Waals surface area contributed by atoms with E-state index >= 15 is 0 Å². The van der Waals surface area contributed by atoms with Crippen LogP contribution in [0.4, 0.5) is 0 Å². The zero-order valence-corrected chi connectivity index (χ0v) is 16.7. The Hall–Kier alpha value is -1.01. The Morgan fingerprint density at radius 2 is 1.26 bits per heavy atom. The molecule has 14 nitrogen and oxygen atoms in total. The highest BCUT2D eigenvalue weighted by atomic mass is 16.7. The zero-order valence-electron chi connectivity index (χ0n) is 16.7. The number of hydrogen-bond acceptors (Lipinski definition) is 14. The van der Waals surface area contributed by atoms with Gasteiger partial charge in [0.25, 0.3) is 0 Å². The van der Waals surface area contributed by atoms with Gasteiger partial charge in [0.15, 0.2) is 12.6 Å². The molecule has 8 N–H and O–H groups in total. The molecule has 0 aromatic heterocycles. The largest absolute Gasteiger partial charge is 0.463 e. The highest BCUT2D eigenvalue weighted by Crippen LogP contribution is 2.25. The molecule has 0 radical (unpaired) electrons. The van der Waals surface area contributed by atoms with Crippen LogP contribution in [0.2, 0.25) is 0 Å². The highest BCUT2D eigenvalue weighted by molar-refractivity contribution is 5.65. The van der Waals surface area contributed by atoms with Crippen LogP contribution in [0.3, 0.4) is 0 Å². The van der Waals surface area contributed by atoms with Crippen molar-refractivity contribution in [3.63, 3.8) is 0 Å². The molecular formula is C17H30O14. The summed E-state index contributed by atoms with van der Waals surface area (Å²) in [6.45, 7) is -1.08. The van der Waals surface area contributed by atoms with Gasteiger partial charge < -0.3 is 64.5 Å². The molecule has 14 heteroatoms. The summed E-state index contributed by atoms with van der Waals surface area (Å²) < 4.78 is 26.1. The van der Waals surface area contributed by atoms with E-state index in [0.29, 0.717) is 0 Å². The Bertz CT molecular complexity index is 559. The van der Waals surface area contributed by atoms with E-state index < -0.39 is 99.9 Å². The molecule has 0 amide bonds. The summed E-state index contributed by atoms with van der Waals surface area (Å²) in [5, 5.41) is 77.9. The molecule has 0 aromatic carbocycles. The molecule has 2 fully saturated rings. The summed E-state index contributed by atoms with van der Waals surface area (Å²) in [6.07, 6.45) is -16.6. The van der Waals surface area contributed by atoms with Gasteiger partial charge in [0, 0.05) is 6.92 Å². The van der Waals surface area contributed by atoms with E-state index in [9.17, 15) is 45.6 Å². The molecule has 0 spiro atoms. The molecule has 0 aliphatic carbocycles. The molecule has 2 aliphatic rings. The molecule has 2 saturated heterocycles. The monoisotopic (exact) mass is 458 g/mol. The van der Waals surface area contributed by atoms with Crippen molar-refractivity contribution >= 4 is 5.97 Å². The lowest BCUT2D eigenvalue weighted by atomic mass is 9.99. The smallest absolute Gasteiger partial charge is 0.302 e. The Labute approximate surface area is 177 Å². The van der Waals surface area contributed by atoms with Gasteiger partial charge in [-0.25, -0.2) is 0 Å². The minimum absolute atomic E-state index is 0.415. The highest BCUT2D eigenvalue weighted by Gasteiger charge is 2.46. The average molecular weight is 458 g/mol. The number of aliphatic hydroxyl groups is 8. The first-order valence-corrected chi connectivity index (χ1v) is 9.62. The Morgan fingerprint density at radius 1 is 0.774 bits per heavy atom. The summed E-state index contributed by atoms with van der Waals surface area (Å²) in [5.74, 6) is -0.671. The van der Waals surface area contributed by atoms with E-state index in [4.69, 9.17) is 23.7 Å². The van der Waals surface area contributed by atoms with Crippen LogP contribution in [-0.4, -0.2) is 141 Å². The van der Waals surface area contributed by atoms with Gasteiger partial charge in [-0.1, -0.05) is 0 Å². The maximum absolute atomic E-state index is 11.2. The van der Waals surface area contributed by atoms with Crippen molar-refractivity contribution in [2.45, 2.75) is 74.4 Å². The van der Waals surface area contributed by atoms with E-state index in [2.05, 4.69) is 0 Å². The molecular weight excluding hydrogens is 428 g/mol. The zero-order chi connectivity index (χ0) is 23.3. The van der Waals surface area contributed by atoms with Crippen molar-refractivity contribution in [3.8, 4) is 0 Å². The Morgan fingerprint density at radius 3 is 1.74 bits per heavy atom. The predicted octanol–water partition coefficient (Wildman–Crippen LogP) is -5.45. The molecule has 2 heterocycles. The number of carbonyl (C=O) groups is 1. The minimum Gasteiger partial charge on any atom is -0.463 e. The summed E-state index contributed by atoms with van der Waals surface area (Å²) in [4.78, 5) is 11.2. The van der Waals surface area contributed by atoms with Crippen LogP contribution in [0.25, 0.3) is 0 Å². The van der Waals surface area contributed by atoms with Crippen molar-refractivity contribution in [2.24, 2.45) is 0 Å². The van der Waals surface area contributed by atoms with Crippen LogP contribution in [0.15, 0.2) is 0 Å². The lowest BCUT2D eigenvalue weighted by Crippen LogP contribution is -2.60. The molecule has 0 aromatic rings. The molecule has 2 aliphatic heterocycles. The molecule has 11 atom stereocenters. The van der Waals surface area contributed by atoms with Crippen LogP contribution < -0.4 is 0 Å². The van der Waals surface area contributed by atoms with Gasteiger partial charge in [-0.2, -0.15) is 0 Å². The van der Waals surface area contributed by atoms with Gasteiger partial charge in [-0.05, 0) is 0 Å². The minimum atomic E-state index is -1.72. The topological polar surface area (TPSA) is 225 Å². The number of ether oxygens (including phenoxy) is 5. The van der Waals surface area contributed by atoms with Gasteiger partial charge in [0.1, 0.15) is 61.5 Å². The van der Waals surface area contributed by atoms with Crippen LogP contribution in [-0.2, 0) is 28.5 Å². The fourth-order valence-electron chi connectivity index (χ4n) is 3.11. The SMILES string of the molecule is CC(=O)OCC(CO[C@@H]1O[C@H](CO)[C@H](O)[C@H](O)[C@H]1O)O[C@@H]1O[C@H](CO)[C@H](O)[C@H](O)[C@H]1O. The summed E-state index contributed by atoms with van der Waals surface area (Å²) >= 11 is 0. The molecule has 1 unspecified atom stereocenters. The van der Waals surface area contributed by atoms with E-state index in [-0.39, 0.29) is 0 Å². The van der Waals surface area contributed by atoms with Gasteiger partial charge in [-0.15, -0.1) is 0 Å². The average Bonchev–Trinajstić information content (AvgIpc) is 2.75. The van der Waals surface area contributed by atoms with Crippen LogP contribution in [0.1, 0.15) is 6.92 Å². The summed E-state index contributed by atoms with van der Waals surface area (Å²) in [7, 11) is 0. The second-order valence-electron chi connectivity index (χ2n) is 7.29. The predicted molar refractivity (Wildman–Crippen MR) is 95.0 cm³/mol. The van der Waals surface area contributed by atoms with Crippen molar-refractivity contribution in [2.75, 3.05) is 26.4 Å². The Kier molecular flexibility index (Phi) is 9.94. The first-order valence-electron chi connectivity index (χ1n) is 9.62. The van der Waals surface area contributed by atoms with Gasteiger partial charge in [-0.3, -0.25) is 4.79 Å². The van der Waals surface area contributed by atoms with E-state index in [0.717, 1.165) is 6.92 Å². The normalized spacial score (nSPS) is 42.2. The number of hydrogen-bond donors (Lipinski definition) is 8. The standard InChI is InChI=1S/C17H30O14/c1-6(20)27-4-7(29-17-15(26)13(24)11(22)9(3-19)31-17)5-28-16-14(25)12(23)10(21)8(2-18)30-16/h7-19,21-26H,2-5H2,1H3/t7?,8-,9-,10+,11+,12+,13+,14-,15-,16-,17-/m1/s1. The lowest BCUT2D eigenvalue weighted by molar-refractivity contribution is -0.330. The summed E-state index contributed by atoms with van der Waals surface area (Å²) in [5.41, 5.74) is 0. The van der Waals surface area contributed by atoms with E-state index in [1.165, 1.54) is 0 Å². The molecule has 182 valence electrons. The van der Waals surface area contributed by atoms with Crippen LogP contribution in [0, 0.1) is 0 Å². The lowest BCUT2D eigenvalue weighted by Gasteiger charge is -2.41. The maximum Gasteiger partial charge on any atom is 0.302 e. The second-order valence-corrected chi connectivity index (χ2v) is 7.29. The van der Waals surface area contributed by atoms with Gasteiger partial charge in [0.2, 0.25) is 0 Å². The van der Waals surface area contributed by atoms with Crippen molar-refractivity contribution in [1.82, 2.24) is 0 Å². The number of carbonyl (C=O) groups excluding carboxylic acids is 1. The number of rotatable bonds is 9. The van der Waals surface area contributed by atoms with Crippen molar-refractivity contribution in [1.29, 1.82) is 0 Å². The van der Waals surface area contributed by atoms with Crippen molar-refractivity contribution < 1.29 is 69.3 Å². The van der Waals surface area contributed by atoms with E-state index in [1.54, 1.807) is 0 Å². The first-order chi connectivity index (χ1) is 14.6. The van der Waals surface area contributed by atoms with E-state index in [1.807, 2.05) is 0 Å². The maximum atomic E-state index is 11.2. The second kappa shape index (κ2) is 11.7. The third kappa shape index (κ3) is 6.50. The van der Waals surface area contributed by atoms with Crippen LogP contribution in [0.5, 0.6) is 0 Å². The Balaban J connectivity index is 2.04. The molecule has 0 bridgehead atoms. The van der Waals surface area contributed by atoms with Crippen LogP contribution >= 0.6 is 0 Å². The third-order valence-electron chi connectivity index (χ3n) is 4.94. The van der Waals surface area contributed by atoms with Gasteiger partial charge >= 0.3 is 5.97 Å². The number of aliphatic hydroxyl groups excluding tert-OH is 8. The quantitative estimate of drug-likeness (QED) is 0.151. The molecule has 2 rings (SSSR count). The third-order valence-corrected chi connectivity index (χ3v) is 4.94. The molecule has 0 saturated carbocycles. The number of esters is 1. The first kappa shape index (κ1) is 26.2. The molecule has 31 heavy (non-hydrogen) atoms. The van der Waals surface area contributed by atoms with Gasteiger partial charge in [0.05, 0.1) is 19.8 Å². The fraction of sp³-hybridized carbons (Fsp3) is 0.941. The van der Waals surface area contributed by atoms with Crippen molar-refractivity contribution in [3.05, 3.63) is 0 Å². The summed E-state index contributed by atoms with van der Waals surface area (Å²) in [6, 6.07) is 0. The fourth-order valence-corrected chi connectivity index (χ4v) is 3.11.